The number of rotatable bonds is 8. The van der Waals surface area contributed by atoms with Gasteiger partial charge in [-0.3, -0.25) is 14.6 Å². The van der Waals surface area contributed by atoms with Gasteiger partial charge >= 0.3 is 0 Å². The third-order valence-corrected chi connectivity index (χ3v) is 6.39. The lowest BCUT2D eigenvalue weighted by Gasteiger charge is -2.25. The largest absolute Gasteiger partial charge is 0.346 e. The Bertz CT molecular complexity index is 1430. The second-order valence-electron chi connectivity index (χ2n) is 8.80. The molecule has 3 aromatic rings. The highest BCUT2D eigenvalue weighted by Crippen LogP contribution is 2.32. The number of aliphatic imine (C=N–C) groups is 1. The zero-order valence-corrected chi connectivity index (χ0v) is 22.2. The van der Waals surface area contributed by atoms with Crippen LogP contribution in [0.4, 0.5) is 5.95 Å². The average Bonchev–Trinajstić information content (AvgIpc) is 3.24. The number of hydrogen-bond acceptors (Lipinski definition) is 8. The van der Waals surface area contributed by atoms with Crippen LogP contribution in [0.3, 0.4) is 0 Å². The number of pyridine rings is 1. The fraction of sp³-hybridized carbons (Fsp3) is 0.269. The van der Waals surface area contributed by atoms with Gasteiger partial charge in [-0.05, 0) is 44.5 Å². The van der Waals surface area contributed by atoms with Crippen molar-refractivity contribution in [3.63, 3.8) is 0 Å². The third kappa shape index (κ3) is 5.68. The molecule has 0 aliphatic carbocycles. The van der Waals surface area contributed by atoms with Gasteiger partial charge in [0.1, 0.15) is 6.04 Å². The number of aryl methyl sites for hydroxylation is 1. The molecule has 0 fully saturated rings. The van der Waals surface area contributed by atoms with Crippen molar-refractivity contribution in [2.45, 2.75) is 39.4 Å². The van der Waals surface area contributed by atoms with Gasteiger partial charge < -0.3 is 21.1 Å². The highest BCUT2D eigenvalue weighted by Gasteiger charge is 2.34. The van der Waals surface area contributed by atoms with Gasteiger partial charge in [-0.2, -0.15) is 4.99 Å². The molecule has 12 heteroatoms. The number of amidine groups is 1. The Kier molecular flexibility index (Phi) is 8.08. The molecule has 1 aromatic carbocycles. The molecule has 3 heterocycles. The topological polar surface area (TPSA) is 148 Å². The maximum atomic E-state index is 13.3. The molecule has 0 spiro atoms. The zero-order valence-electron chi connectivity index (χ0n) is 21.4. The van der Waals surface area contributed by atoms with E-state index >= 15 is 0 Å². The number of halogens is 1. The molecule has 2 aromatic heterocycles. The number of carbonyl (C=O) groups is 2. The van der Waals surface area contributed by atoms with Gasteiger partial charge in [-0.15, -0.1) is 0 Å². The van der Waals surface area contributed by atoms with Crippen molar-refractivity contribution in [2.24, 2.45) is 4.99 Å². The van der Waals surface area contributed by atoms with E-state index in [0.29, 0.717) is 23.4 Å². The normalized spacial score (nSPS) is 14.6. The van der Waals surface area contributed by atoms with Crippen LogP contribution in [-0.2, 0) is 11.3 Å². The molecule has 38 heavy (non-hydrogen) atoms. The summed E-state index contributed by atoms with van der Waals surface area (Å²) in [5.74, 6) is -0.207. The number of fused-ring (bicyclic) bond motifs is 1. The van der Waals surface area contributed by atoms with Crippen LogP contribution in [0.15, 0.2) is 47.6 Å². The minimum Gasteiger partial charge on any atom is -0.346 e. The Morgan fingerprint density at radius 1 is 1.24 bits per heavy atom. The van der Waals surface area contributed by atoms with E-state index < -0.39 is 6.04 Å². The highest BCUT2D eigenvalue weighted by atomic mass is 35.5. The first-order valence-corrected chi connectivity index (χ1v) is 12.3. The summed E-state index contributed by atoms with van der Waals surface area (Å²) in [5.41, 5.74) is 9.29. The lowest BCUT2D eigenvalue weighted by molar-refractivity contribution is -0.125. The molecular formula is C26H28ClN9O2. The molecule has 2 amide bonds. The van der Waals surface area contributed by atoms with Crippen LogP contribution in [-0.4, -0.2) is 56.8 Å². The molecule has 4 rings (SSSR count). The molecule has 1 aliphatic rings. The smallest absolute Gasteiger partial charge is 0.255 e. The van der Waals surface area contributed by atoms with Crippen molar-refractivity contribution < 1.29 is 9.59 Å². The minimum atomic E-state index is -0.687. The summed E-state index contributed by atoms with van der Waals surface area (Å²) in [4.78, 5) is 45.1. The standard InChI is InChI=1S/C26H28ClN9O2/c1-14-6-5-7-21(31-14)15(2)32-24(37)16(3)36-13-18-9-8-17(10-19(18)25(36)38)23-20(27)12-30-26(34-23)33-22(11-28)35-29-4/h5-12,15-16,28-29H,13H2,1-4H3,(H,32,37)(H,30,33,34,35)/t15-,16-/m1/s1. The quantitative estimate of drug-likeness (QED) is 0.197. The molecular weight excluding hydrogens is 506 g/mol. The molecule has 4 N–H and O–H groups in total. The first-order valence-electron chi connectivity index (χ1n) is 11.9. The van der Waals surface area contributed by atoms with E-state index in [4.69, 9.17) is 17.0 Å². The summed E-state index contributed by atoms with van der Waals surface area (Å²) < 4.78 is 0. The Morgan fingerprint density at radius 2 is 2.03 bits per heavy atom. The van der Waals surface area contributed by atoms with E-state index in [1.54, 1.807) is 20.0 Å². The summed E-state index contributed by atoms with van der Waals surface area (Å²) in [5, 5.41) is 10.7. The molecule has 0 bridgehead atoms. The van der Waals surface area contributed by atoms with Crippen LogP contribution < -0.4 is 16.2 Å². The Hall–Kier alpha value is -4.22. The molecule has 0 saturated carbocycles. The monoisotopic (exact) mass is 533 g/mol. The van der Waals surface area contributed by atoms with E-state index in [9.17, 15) is 9.59 Å². The molecule has 2 atom stereocenters. The summed E-state index contributed by atoms with van der Waals surface area (Å²) in [6, 6.07) is 10.0. The Balaban J connectivity index is 1.53. The number of benzene rings is 1. The van der Waals surface area contributed by atoms with E-state index in [1.165, 1.54) is 11.1 Å². The average molecular weight is 534 g/mol. The molecule has 1 aliphatic heterocycles. The predicted molar refractivity (Wildman–Crippen MR) is 145 cm³/mol. The highest BCUT2D eigenvalue weighted by molar-refractivity contribution is 6.33. The van der Waals surface area contributed by atoms with Crippen LogP contribution in [0, 0.1) is 12.3 Å². The van der Waals surface area contributed by atoms with Gasteiger partial charge in [0.2, 0.25) is 5.91 Å². The SMILES string of the molecule is CNNC(C=N)=Nc1ncc(Cl)c(-c2ccc3c(c2)C(=O)N([C@H](C)C(=O)N[C@H](C)c2cccc(C)n2)C3)n1. The number of nitrogens with zero attached hydrogens (tertiary/aromatic N) is 5. The summed E-state index contributed by atoms with van der Waals surface area (Å²) in [6.07, 6.45) is 2.44. The third-order valence-electron chi connectivity index (χ3n) is 6.12. The molecule has 196 valence electrons. The van der Waals surface area contributed by atoms with Crippen LogP contribution in [0.25, 0.3) is 11.3 Å². The first kappa shape index (κ1) is 26.8. The molecule has 0 unspecified atom stereocenters. The van der Waals surface area contributed by atoms with Crippen molar-refractivity contribution in [3.8, 4) is 11.3 Å². The van der Waals surface area contributed by atoms with E-state index in [-0.39, 0.29) is 34.7 Å². The molecule has 0 radical (unpaired) electrons. The molecule has 0 saturated heterocycles. The minimum absolute atomic E-state index is 0.0987. The van der Waals surface area contributed by atoms with Gasteiger partial charge in [-0.25, -0.2) is 15.4 Å². The van der Waals surface area contributed by atoms with Gasteiger partial charge in [0.25, 0.3) is 11.9 Å². The summed E-state index contributed by atoms with van der Waals surface area (Å²) >= 11 is 6.38. The number of carbonyl (C=O) groups excluding carboxylic acids is 2. The van der Waals surface area contributed by atoms with Crippen LogP contribution in [0.5, 0.6) is 0 Å². The van der Waals surface area contributed by atoms with E-state index in [2.05, 4.69) is 36.1 Å². The lowest BCUT2D eigenvalue weighted by Crippen LogP contribution is -2.46. The van der Waals surface area contributed by atoms with E-state index in [0.717, 1.165) is 23.2 Å². The van der Waals surface area contributed by atoms with Crippen molar-refractivity contribution in [3.05, 3.63) is 70.1 Å². The Morgan fingerprint density at radius 3 is 2.74 bits per heavy atom. The van der Waals surface area contributed by atoms with Crippen molar-refractivity contribution >= 4 is 41.4 Å². The fourth-order valence-corrected chi connectivity index (χ4v) is 4.28. The van der Waals surface area contributed by atoms with Crippen molar-refractivity contribution in [1.29, 1.82) is 5.41 Å². The van der Waals surface area contributed by atoms with Gasteiger partial charge in [-0.1, -0.05) is 29.8 Å². The Labute approximate surface area is 225 Å². The second kappa shape index (κ2) is 11.4. The maximum Gasteiger partial charge on any atom is 0.255 e. The van der Waals surface area contributed by atoms with Crippen molar-refractivity contribution in [1.82, 2.24) is 36.0 Å². The molecule has 11 nitrogen and oxygen atoms in total. The van der Waals surface area contributed by atoms with E-state index in [1.807, 2.05) is 44.2 Å². The van der Waals surface area contributed by atoms with Crippen LogP contribution in [0.1, 0.15) is 47.2 Å². The number of aromatic nitrogens is 3. The number of amides is 2. The zero-order chi connectivity index (χ0) is 27.4. The van der Waals surface area contributed by atoms with Crippen LogP contribution in [0.2, 0.25) is 5.02 Å². The second-order valence-corrected chi connectivity index (χ2v) is 9.21. The number of nitrogens with one attached hydrogen (secondary N) is 4. The van der Waals surface area contributed by atoms with Crippen molar-refractivity contribution in [2.75, 3.05) is 7.05 Å². The summed E-state index contributed by atoms with van der Waals surface area (Å²) in [6.45, 7) is 5.78. The first-order chi connectivity index (χ1) is 18.2. The number of hydrazine groups is 1. The van der Waals surface area contributed by atoms with Crippen LogP contribution >= 0.6 is 11.6 Å². The van der Waals surface area contributed by atoms with Gasteiger partial charge in [0.15, 0.2) is 5.84 Å². The number of hydrogen-bond donors (Lipinski definition) is 4. The maximum absolute atomic E-state index is 13.3. The summed E-state index contributed by atoms with van der Waals surface area (Å²) in [7, 11) is 1.64. The fourth-order valence-electron chi connectivity index (χ4n) is 4.08. The van der Waals surface area contributed by atoms with Gasteiger partial charge in [0.05, 0.1) is 34.9 Å². The predicted octanol–water partition coefficient (Wildman–Crippen LogP) is 3.13. The van der Waals surface area contributed by atoms with Gasteiger partial charge in [0, 0.05) is 30.4 Å². The lowest BCUT2D eigenvalue weighted by atomic mass is 10.0.